The molecule has 0 aromatic heterocycles. The molecule has 0 bridgehead atoms. The largest absolute Gasteiger partial charge is 0.462 e. The summed E-state index contributed by atoms with van der Waals surface area (Å²) in [6.07, 6.45) is 77.3. The summed E-state index contributed by atoms with van der Waals surface area (Å²) < 4.78 is 16.8. The summed E-state index contributed by atoms with van der Waals surface area (Å²) in [5.74, 6) is -0.894. The van der Waals surface area contributed by atoms with Crippen LogP contribution in [0.5, 0.6) is 0 Å². The second kappa shape index (κ2) is 59.2. The summed E-state index contributed by atoms with van der Waals surface area (Å²) in [7, 11) is 0. The van der Waals surface area contributed by atoms with Gasteiger partial charge in [0.15, 0.2) is 6.10 Å². The minimum absolute atomic E-state index is 0.0814. The molecule has 1 unspecified atom stereocenters. The van der Waals surface area contributed by atoms with Crippen molar-refractivity contribution in [2.24, 2.45) is 0 Å². The predicted octanol–water partition coefficient (Wildman–Crippen LogP) is 20.3. The van der Waals surface area contributed by atoms with Crippen LogP contribution >= 0.6 is 0 Å². The van der Waals surface area contributed by atoms with E-state index >= 15 is 0 Å². The van der Waals surface area contributed by atoms with Crippen LogP contribution in [-0.4, -0.2) is 37.2 Å². The highest BCUT2D eigenvalue weighted by Gasteiger charge is 2.19. The highest BCUT2D eigenvalue weighted by Crippen LogP contribution is 2.15. The Morgan fingerprint density at radius 3 is 0.859 bits per heavy atom. The Morgan fingerprint density at radius 2 is 0.549 bits per heavy atom. The number of hydrogen-bond acceptors (Lipinski definition) is 6. The van der Waals surface area contributed by atoms with Crippen molar-refractivity contribution in [2.45, 2.75) is 297 Å². The first-order chi connectivity index (χ1) is 35.0. The quantitative estimate of drug-likeness (QED) is 0.0261. The van der Waals surface area contributed by atoms with Gasteiger partial charge in [0.05, 0.1) is 0 Å². The number of ether oxygens (including phenoxy) is 3. The standard InChI is InChI=1S/C65H112O6/c1-4-7-10-13-16-19-21-23-25-27-29-31-32-34-35-37-39-41-43-46-49-52-55-58-64(67)70-61-62(60-69-63(66)57-54-51-48-45-18-15-12-9-6-3)71-65(68)59-56-53-50-47-44-42-40-38-36-33-30-28-26-24-22-20-17-14-11-8-5-2/h7,10,16,19,22-25,28-31,36,38,62H,4-6,8-9,11-15,17-18,20-21,26-27,32-35,37,39-61H2,1-3H3/b10-7-,19-16-,24-22-,25-23-,30-28-,31-29-,38-36-. The van der Waals surface area contributed by atoms with E-state index in [1.54, 1.807) is 0 Å². The molecule has 71 heavy (non-hydrogen) atoms. The van der Waals surface area contributed by atoms with Crippen LogP contribution in [0.2, 0.25) is 0 Å². The second-order valence-electron chi connectivity index (χ2n) is 19.9. The predicted molar refractivity (Wildman–Crippen MR) is 307 cm³/mol. The third kappa shape index (κ3) is 57.4. The van der Waals surface area contributed by atoms with Crippen molar-refractivity contribution >= 4 is 17.9 Å². The average Bonchev–Trinajstić information content (AvgIpc) is 3.37. The van der Waals surface area contributed by atoms with E-state index in [9.17, 15) is 14.4 Å². The highest BCUT2D eigenvalue weighted by atomic mass is 16.6. The van der Waals surface area contributed by atoms with Gasteiger partial charge in [-0.25, -0.2) is 0 Å². The van der Waals surface area contributed by atoms with Gasteiger partial charge in [0.2, 0.25) is 0 Å². The number of hydrogen-bond donors (Lipinski definition) is 0. The van der Waals surface area contributed by atoms with Crippen LogP contribution in [-0.2, 0) is 28.6 Å². The third-order valence-corrected chi connectivity index (χ3v) is 12.9. The highest BCUT2D eigenvalue weighted by molar-refractivity contribution is 5.71. The van der Waals surface area contributed by atoms with Crippen molar-refractivity contribution in [1.82, 2.24) is 0 Å². The van der Waals surface area contributed by atoms with E-state index in [0.29, 0.717) is 19.3 Å². The number of allylic oxidation sites excluding steroid dienone is 14. The fourth-order valence-electron chi connectivity index (χ4n) is 8.38. The summed E-state index contributed by atoms with van der Waals surface area (Å²) in [6.45, 7) is 6.50. The molecule has 0 aromatic rings. The van der Waals surface area contributed by atoms with Gasteiger partial charge in [0, 0.05) is 19.3 Å². The van der Waals surface area contributed by atoms with Crippen molar-refractivity contribution in [1.29, 1.82) is 0 Å². The van der Waals surface area contributed by atoms with E-state index in [1.807, 2.05) is 0 Å². The minimum Gasteiger partial charge on any atom is -0.462 e. The third-order valence-electron chi connectivity index (χ3n) is 12.9. The monoisotopic (exact) mass is 989 g/mol. The maximum absolute atomic E-state index is 12.9. The van der Waals surface area contributed by atoms with Gasteiger partial charge >= 0.3 is 17.9 Å². The summed E-state index contributed by atoms with van der Waals surface area (Å²) >= 11 is 0. The van der Waals surface area contributed by atoms with Gasteiger partial charge in [0.25, 0.3) is 0 Å². The Labute approximate surface area is 439 Å². The summed E-state index contributed by atoms with van der Waals surface area (Å²) in [4.78, 5) is 38.1. The van der Waals surface area contributed by atoms with Crippen molar-refractivity contribution < 1.29 is 28.6 Å². The first kappa shape index (κ1) is 67.6. The van der Waals surface area contributed by atoms with E-state index in [-0.39, 0.29) is 31.1 Å². The van der Waals surface area contributed by atoms with E-state index in [0.717, 1.165) is 109 Å². The van der Waals surface area contributed by atoms with Crippen molar-refractivity contribution in [3.05, 3.63) is 85.1 Å². The summed E-state index contributed by atoms with van der Waals surface area (Å²) in [5, 5.41) is 0. The number of rotatable bonds is 54. The van der Waals surface area contributed by atoms with Crippen LogP contribution < -0.4 is 0 Å². The van der Waals surface area contributed by atoms with Crippen LogP contribution in [0.3, 0.4) is 0 Å². The van der Waals surface area contributed by atoms with E-state index in [2.05, 4.69) is 106 Å². The number of carbonyl (C=O) groups is 3. The maximum atomic E-state index is 12.9. The summed E-state index contributed by atoms with van der Waals surface area (Å²) in [6, 6.07) is 0. The smallest absolute Gasteiger partial charge is 0.306 e. The fraction of sp³-hybridized carbons (Fsp3) is 0.738. The van der Waals surface area contributed by atoms with E-state index < -0.39 is 6.10 Å². The zero-order chi connectivity index (χ0) is 51.4. The van der Waals surface area contributed by atoms with Gasteiger partial charge < -0.3 is 14.2 Å². The Hall–Kier alpha value is -3.41. The molecule has 6 heteroatoms. The molecule has 0 spiro atoms. The lowest BCUT2D eigenvalue weighted by Gasteiger charge is -2.18. The zero-order valence-corrected chi connectivity index (χ0v) is 46.7. The molecule has 0 aliphatic rings. The van der Waals surface area contributed by atoms with Crippen LogP contribution in [0.4, 0.5) is 0 Å². The molecule has 0 N–H and O–H groups in total. The van der Waals surface area contributed by atoms with Crippen LogP contribution in [0.25, 0.3) is 0 Å². The molecule has 1 atom stereocenters. The Balaban J connectivity index is 4.28. The molecule has 0 rings (SSSR count). The Morgan fingerprint density at radius 1 is 0.296 bits per heavy atom. The molecule has 0 aromatic carbocycles. The molecule has 0 heterocycles. The SMILES string of the molecule is CC/C=C\C/C=C\C/C=C\C/C=C\CCCCCCCCCCCCC(=O)OCC(COC(=O)CCCCCCCCCCC)OC(=O)CCCCCCCC/C=C\C/C=C\C/C=C\CCCCCCC. The molecule has 0 amide bonds. The van der Waals surface area contributed by atoms with E-state index in [4.69, 9.17) is 14.2 Å². The molecule has 0 aliphatic carbocycles. The maximum Gasteiger partial charge on any atom is 0.306 e. The number of carbonyl (C=O) groups excluding carboxylic acids is 3. The van der Waals surface area contributed by atoms with Gasteiger partial charge in [-0.05, 0) is 96.3 Å². The Bertz CT molecular complexity index is 1370. The van der Waals surface area contributed by atoms with Crippen LogP contribution in [0, 0.1) is 0 Å². The molecule has 408 valence electrons. The second-order valence-corrected chi connectivity index (χ2v) is 19.9. The molecule has 0 aliphatic heterocycles. The molecular weight excluding hydrogens is 877 g/mol. The minimum atomic E-state index is -0.784. The molecule has 0 saturated heterocycles. The molecule has 6 nitrogen and oxygen atoms in total. The molecule has 0 fully saturated rings. The van der Waals surface area contributed by atoms with Gasteiger partial charge in [-0.3, -0.25) is 14.4 Å². The van der Waals surface area contributed by atoms with Crippen LogP contribution in [0.15, 0.2) is 85.1 Å². The fourth-order valence-corrected chi connectivity index (χ4v) is 8.38. The van der Waals surface area contributed by atoms with Gasteiger partial charge in [-0.15, -0.1) is 0 Å². The van der Waals surface area contributed by atoms with Gasteiger partial charge in [-0.1, -0.05) is 260 Å². The lowest BCUT2D eigenvalue weighted by molar-refractivity contribution is -0.167. The Kier molecular flexibility index (Phi) is 56.3. The summed E-state index contributed by atoms with van der Waals surface area (Å²) in [5.41, 5.74) is 0. The average molecular weight is 990 g/mol. The molecule has 0 radical (unpaired) electrons. The topological polar surface area (TPSA) is 78.9 Å². The molecular formula is C65H112O6. The van der Waals surface area contributed by atoms with Crippen molar-refractivity contribution in [2.75, 3.05) is 13.2 Å². The van der Waals surface area contributed by atoms with Crippen molar-refractivity contribution in [3.63, 3.8) is 0 Å². The molecule has 0 saturated carbocycles. The van der Waals surface area contributed by atoms with Crippen LogP contribution in [0.1, 0.15) is 290 Å². The lowest BCUT2D eigenvalue weighted by atomic mass is 10.1. The lowest BCUT2D eigenvalue weighted by Crippen LogP contribution is -2.30. The van der Waals surface area contributed by atoms with Gasteiger partial charge in [0.1, 0.15) is 13.2 Å². The van der Waals surface area contributed by atoms with E-state index in [1.165, 1.54) is 141 Å². The van der Waals surface area contributed by atoms with Gasteiger partial charge in [-0.2, -0.15) is 0 Å². The number of unbranched alkanes of at least 4 members (excludes halogenated alkanes) is 29. The van der Waals surface area contributed by atoms with Crippen molar-refractivity contribution in [3.8, 4) is 0 Å². The zero-order valence-electron chi connectivity index (χ0n) is 46.7. The normalized spacial score (nSPS) is 12.7. The first-order valence-corrected chi connectivity index (χ1v) is 30.1. The number of esters is 3. The first-order valence-electron chi connectivity index (χ1n) is 30.1.